The first kappa shape index (κ1) is 30.8. The van der Waals surface area contributed by atoms with E-state index in [0.29, 0.717) is 50.7 Å². The number of nitrogens with zero attached hydrogens (tertiary/aromatic N) is 1. The first-order valence-corrected chi connectivity index (χ1v) is 14.6. The van der Waals surface area contributed by atoms with Crippen LogP contribution in [-0.4, -0.2) is 43.6 Å². The Kier molecular flexibility index (Phi) is 10.4. The molecular weight excluding hydrogens is 674 g/mol. The Morgan fingerprint density at radius 1 is 0.929 bits per heavy atom. The van der Waals surface area contributed by atoms with Crippen molar-refractivity contribution in [2.45, 2.75) is 20.3 Å². The molecule has 1 aliphatic heterocycles. The Morgan fingerprint density at radius 3 is 2.31 bits per heavy atom. The second-order valence-corrected chi connectivity index (χ2v) is 10.6. The van der Waals surface area contributed by atoms with E-state index in [1.807, 2.05) is 13.0 Å². The molecule has 12 heteroatoms. The molecule has 1 saturated heterocycles. The van der Waals surface area contributed by atoms with Gasteiger partial charge in [0, 0.05) is 11.8 Å². The minimum Gasteiger partial charge on any atom is -0.490 e. The minimum atomic E-state index is -0.883. The van der Waals surface area contributed by atoms with Crippen LogP contribution < -0.4 is 29.7 Å². The molecule has 1 aliphatic rings. The lowest BCUT2D eigenvalue weighted by Gasteiger charge is -2.27. The monoisotopic (exact) mass is 699 g/mol. The van der Waals surface area contributed by atoms with Crippen molar-refractivity contribution >= 4 is 73.1 Å². The maximum Gasteiger partial charge on any atom is 0.335 e. The summed E-state index contributed by atoms with van der Waals surface area (Å²) in [6.45, 7) is 4.34. The van der Waals surface area contributed by atoms with Crippen LogP contribution in [0.2, 0.25) is 0 Å². The van der Waals surface area contributed by atoms with Gasteiger partial charge in [-0.25, -0.2) is 9.69 Å². The van der Waals surface area contributed by atoms with Gasteiger partial charge in [-0.05, 0) is 93.2 Å². The molecule has 3 aromatic carbocycles. The molecule has 0 radical (unpaired) electrons. The second kappa shape index (κ2) is 14.1. The highest BCUT2D eigenvalue weighted by Crippen LogP contribution is 2.37. The Bertz CT molecular complexity index is 1520. The fourth-order valence-electron chi connectivity index (χ4n) is 3.95. The van der Waals surface area contributed by atoms with Gasteiger partial charge in [-0.15, -0.1) is 0 Å². The number of carbonyl (C=O) groups is 4. The van der Waals surface area contributed by atoms with Crippen LogP contribution in [0.5, 0.6) is 17.2 Å². The van der Waals surface area contributed by atoms with E-state index in [4.69, 9.17) is 14.2 Å². The number of benzene rings is 3. The van der Waals surface area contributed by atoms with Crippen LogP contribution in [0, 0.1) is 0 Å². The summed E-state index contributed by atoms with van der Waals surface area (Å²) in [6.07, 6.45) is 2.15. The molecule has 3 aromatic rings. The number of nitrogens with one attached hydrogen (secondary N) is 2. The highest BCUT2D eigenvalue weighted by Gasteiger charge is 2.37. The fourth-order valence-corrected chi connectivity index (χ4v) is 5.40. The smallest absolute Gasteiger partial charge is 0.335 e. The van der Waals surface area contributed by atoms with Gasteiger partial charge in [-0.3, -0.25) is 19.7 Å². The van der Waals surface area contributed by atoms with E-state index in [9.17, 15) is 19.2 Å². The number of urea groups is 1. The average molecular weight is 701 g/mol. The highest BCUT2D eigenvalue weighted by molar-refractivity contribution is 9.11. The summed E-state index contributed by atoms with van der Waals surface area (Å²) < 4.78 is 18.0. The number of rotatable bonds is 11. The number of barbiturate groups is 1. The summed E-state index contributed by atoms with van der Waals surface area (Å²) in [7, 11) is 0. The van der Waals surface area contributed by atoms with Gasteiger partial charge in [-0.1, -0.05) is 25.1 Å². The van der Waals surface area contributed by atoms with E-state index in [-0.39, 0.29) is 23.8 Å². The molecule has 0 spiro atoms. The van der Waals surface area contributed by atoms with E-state index < -0.39 is 17.8 Å². The molecular formula is C30H27Br2N3O7. The predicted molar refractivity (Wildman–Crippen MR) is 165 cm³/mol. The topological polar surface area (TPSA) is 123 Å². The third-order valence-corrected chi connectivity index (χ3v) is 6.96. The summed E-state index contributed by atoms with van der Waals surface area (Å²) in [5, 5.41) is 4.95. The number of anilines is 2. The summed E-state index contributed by atoms with van der Waals surface area (Å²) in [5.41, 5.74) is 1.06. The van der Waals surface area contributed by atoms with Gasteiger partial charge < -0.3 is 19.5 Å². The maximum atomic E-state index is 13.5. The van der Waals surface area contributed by atoms with Gasteiger partial charge in [0.2, 0.25) is 0 Å². The van der Waals surface area contributed by atoms with E-state index in [1.165, 1.54) is 12.1 Å². The largest absolute Gasteiger partial charge is 0.490 e. The van der Waals surface area contributed by atoms with Crippen LogP contribution in [0.15, 0.2) is 75.2 Å². The molecule has 218 valence electrons. The van der Waals surface area contributed by atoms with E-state index in [2.05, 4.69) is 42.5 Å². The number of carbonyl (C=O) groups excluding carboxylic acids is 4. The molecule has 1 fully saturated rings. The lowest BCUT2D eigenvalue weighted by molar-refractivity contribution is -0.122. The van der Waals surface area contributed by atoms with Crippen LogP contribution in [0.3, 0.4) is 0 Å². The summed E-state index contributed by atoms with van der Waals surface area (Å²) in [5.74, 6) is -0.790. The van der Waals surface area contributed by atoms with Crippen molar-refractivity contribution in [2.24, 2.45) is 0 Å². The van der Waals surface area contributed by atoms with Crippen molar-refractivity contribution < 1.29 is 33.4 Å². The number of para-hydroxylation sites is 1. The van der Waals surface area contributed by atoms with Crippen molar-refractivity contribution in [3.8, 4) is 17.2 Å². The molecule has 0 atom stereocenters. The normalized spacial score (nSPS) is 14.0. The summed E-state index contributed by atoms with van der Waals surface area (Å²) in [4.78, 5) is 52.1. The maximum absolute atomic E-state index is 13.5. The number of hydrogen-bond acceptors (Lipinski definition) is 7. The van der Waals surface area contributed by atoms with Gasteiger partial charge in [0.1, 0.15) is 11.3 Å². The van der Waals surface area contributed by atoms with Crippen molar-refractivity contribution in [3.63, 3.8) is 0 Å². The number of hydrogen-bond donors (Lipinski definition) is 2. The average Bonchev–Trinajstić information content (AvgIpc) is 2.95. The quantitative estimate of drug-likeness (QED) is 0.184. The van der Waals surface area contributed by atoms with E-state index in [0.717, 1.165) is 11.3 Å². The molecule has 0 aliphatic carbocycles. The molecule has 5 amide bonds. The number of amides is 5. The van der Waals surface area contributed by atoms with Gasteiger partial charge in [0.05, 0.1) is 27.8 Å². The van der Waals surface area contributed by atoms with Crippen molar-refractivity contribution in [1.29, 1.82) is 0 Å². The third kappa shape index (κ3) is 7.37. The number of imide groups is 2. The fraction of sp³-hybridized carbons (Fsp3) is 0.200. The van der Waals surface area contributed by atoms with Gasteiger partial charge in [0.25, 0.3) is 17.7 Å². The Hall–Kier alpha value is -4.16. The molecule has 0 unspecified atom stereocenters. The van der Waals surface area contributed by atoms with Crippen LogP contribution in [0.25, 0.3) is 6.08 Å². The molecule has 10 nitrogen and oxygen atoms in total. The van der Waals surface area contributed by atoms with Crippen LogP contribution in [0.1, 0.15) is 25.8 Å². The minimum absolute atomic E-state index is 0.211. The van der Waals surface area contributed by atoms with Crippen molar-refractivity contribution in [2.75, 3.05) is 30.0 Å². The highest BCUT2D eigenvalue weighted by atomic mass is 79.9. The van der Waals surface area contributed by atoms with Crippen LogP contribution in [-0.2, 0) is 14.4 Å². The third-order valence-electron chi connectivity index (χ3n) is 5.79. The lowest BCUT2D eigenvalue weighted by atomic mass is 10.1. The number of halogens is 2. The molecule has 0 aromatic heterocycles. The zero-order valence-corrected chi connectivity index (χ0v) is 25.9. The van der Waals surface area contributed by atoms with Crippen molar-refractivity contribution in [1.82, 2.24) is 5.32 Å². The SMILES string of the molecule is CCCOc1ccc(N2C(=O)NC(=O)/C(=C\c3cc(Br)c(OCC(=O)Nc4ccccc4)c(Br)c3)C2=O)cc1OCC. The van der Waals surface area contributed by atoms with Gasteiger partial charge in [-0.2, -0.15) is 0 Å². The predicted octanol–water partition coefficient (Wildman–Crippen LogP) is 6.08. The van der Waals surface area contributed by atoms with E-state index >= 15 is 0 Å². The van der Waals surface area contributed by atoms with Gasteiger partial charge >= 0.3 is 6.03 Å². The molecule has 0 bridgehead atoms. The zero-order chi connectivity index (χ0) is 30.2. The molecule has 0 saturated carbocycles. The molecule has 4 rings (SSSR count). The zero-order valence-electron chi connectivity index (χ0n) is 22.7. The number of ether oxygens (including phenoxy) is 3. The Labute approximate surface area is 259 Å². The second-order valence-electron chi connectivity index (χ2n) is 8.89. The van der Waals surface area contributed by atoms with Crippen LogP contribution >= 0.6 is 31.9 Å². The lowest BCUT2D eigenvalue weighted by Crippen LogP contribution is -2.54. The summed E-state index contributed by atoms with van der Waals surface area (Å²) >= 11 is 6.85. The molecule has 42 heavy (non-hydrogen) atoms. The van der Waals surface area contributed by atoms with Crippen LogP contribution in [0.4, 0.5) is 16.2 Å². The first-order valence-electron chi connectivity index (χ1n) is 13.0. The molecule has 1 heterocycles. The summed E-state index contributed by atoms with van der Waals surface area (Å²) in [6, 6.07) is 16.0. The Morgan fingerprint density at radius 2 is 1.64 bits per heavy atom. The standard InChI is InChI=1S/C30H27Br2N3O7/c1-3-12-41-24-11-10-20(16-25(24)40-4-2)35-29(38)21(28(37)34-30(35)39)13-18-14-22(31)27(23(32)15-18)42-17-26(36)33-19-8-6-5-7-9-19/h5-11,13-16H,3-4,12,17H2,1-2H3,(H,33,36)(H,34,37,39)/b21-13+. The Balaban J connectivity index is 1.55. The molecule has 2 N–H and O–H groups in total. The first-order chi connectivity index (χ1) is 20.2. The van der Waals surface area contributed by atoms with Gasteiger partial charge in [0.15, 0.2) is 18.1 Å². The van der Waals surface area contributed by atoms with E-state index in [1.54, 1.807) is 55.5 Å². The van der Waals surface area contributed by atoms with Crippen molar-refractivity contribution in [3.05, 3.63) is 80.7 Å².